The number of aryl methyl sites for hydroxylation is 1. The van der Waals surface area contributed by atoms with Crippen LogP contribution < -0.4 is 16.8 Å². The molecule has 2 amide bonds. The van der Waals surface area contributed by atoms with Crippen molar-refractivity contribution >= 4 is 12.0 Å². The number of hydrogen-bond donors (Lipinski definition) is 3. The predicted molar refractivity (Wildman–Crippen MR) is 54.8 cm³/mol. The quantitative estimate of drug-likeness (QED) is 0.437. The van der Waals surface area contributed by atoms with Crippen LogP contribution in [-0.2, 0) is 6.54 Å². The van der Waals surface area contributed by atoms with Crippen molar-refractivity contribution in [2.75, 3.05) is 0 Å². The zero-order valence-electron chi connectivity index (χ0n) is 8.27. The Balaban J connectivity index is 2.51. The fourth-order valence-corrected chi connectivity index (χ4v) is 0.898. The third-order valence-corrected chi connectivity index (χ3v) is 1.47. The van der Waals surface area contributed by atoms with Crippen molar-refractivity contribution in [2.45, 2.75) is 13.5 Å². The van der Waals surface area contributed by atoms with Gasteiger partial charge in [-0.3, -0.25) is 0 Å². The van der Waals surface area contributed by atoms with E-state index in [1.54, 1.807) is 12.3 Å². The molecule has 0 aliphatic rings. The molecule has 0 saturated heterocycles. The number of carbonyl (C=O) groups excluding carboxylic acids is 1. The summed E-state index contributed by atoms with van der Waals surface area (Å²) in [4.78, 5) is 22.3. The maximum Gasteiger partial charge on any atom is 0.344 e. The third kappa shape index (κ3) is 4.03. The van der Waals surface area contributed by atoms with E-state index in [1.165, 1.54) is 0 Å². The average Bonchev–Trinajstić information content (AvgIpc) is 2.14. The standard InChI is InChI=1S/C8H12N6O/c1-5-2-3-11-6(13-5)4-12-8(15)14-7(9)10/h2-3H,4H2,1H3,(H5,9,10,12,14,15). The Hall–Kier alpha value is -2.18. The molecule has 0 spiro atoms. The molecule has 0 radical (unpaired) electrons. The highest BCUT2D eigenvalue weighted by molar-refractivity contribution is 5.90. The minimum atomic E-state index is -0.611. The number of nitrogens with two attached hydrogens (primary N) is 2. The molecular weight excluding hydrogens is 196 g/mol. The Morgan fingerprint density at radius 3 is 2.93 bits per heavy atom. The van der Waals surface area contributed by atoms with Gasteiger partial charge in [0.1, 0.15) is 5.82 Å². The van der Waals surface area contributed by atoms with Crippen molar-refractivity contribution in [2.24, 2.45) is 16.5 Å². The fourth-order valence-electron chi connectivity index (χ4n) is 0.898. The third-order valence-electron chi connectivity index (χ3n) is 1.47. The van der Waals surface area contributed by atoms with Crippen LogP contribution >= 0.6 is 0 Å². The monoisotopic (exact) mass is 208 g/mol. The number of aliphatic imine (C=N–C) groups is 1. The van der Waals surface area contributed by atoms with Crippen LogP contribution in [0, 0.1) is 6.92 Å². The molecule has 7 nitrogen and oxygen atoms in total. The Bertz CT molecular complexity index is 384. The van der Waals surface area contributed by atoms with Gasteiger partial charge in [0, 0.05) is 11.9 Å². The lowest BCUT2D eigenvalue weighted by molar-refractivity contribution is 0.248. The Morgan fingerprint density at radius 1 is 1.60 bits per heavy atom. The van der Waals surface area contributed by atoms with Crippen molar-refractivity contribution < 1.29 is 4.79 Å². The van der Waals surface area contributed by atoms with Crippen LogP contribution in [0.2, 0.25) is 0 Å². The molecule has 1 rings (SSSR count). The molecule has 0 aliphatic heterocycles. The van der Waals surface area contributed by atoms with Gasteiger partial charge in [-0.05, 0) is 13.0 Å². The number of aromatic nitrogens is 2. The number of carbonyl (C=O) groups is 1. The lowest BCUT2D eigenvalue weighted by Crippen LogP contribution is -2.28. The van der Waals surface area contributed by atoms with Crippen LogP contribution in [0.15, 0.2) is 17.3 Å². The maximum atomic E-state index is 11.0. The smallest absolute Gasteiger partial charge is 0.344 e. The Morgan fingerprint density at radius 2 is 2.33 bits per heavy atom. The molecule has 0 unspecified atom stereocenters. The highest BCUT2D eigenvalue weighted by atomic mass is 16.2. The zero-order chi connectivity index (χ0) is 11.3. The van der Waals surface area contributed by atoms with E-state index in [4.69, 9.17) is 11.5 Å². The van der Waals surface area contributed by atoms with E-state index in [2.05, 4.69) is 20.3 Å². The molecule has 0 atom stereocenters. The van der Waals surface area contributed by atoms with E-state index in [0.717, 1.165) is 5.69 Å². The van der Waals surface area contributed by atoms with Gasteiger partial charge < -0.3 is 16.8 Å². The zero-order valence-corrected chi connectivity index (χ0v) is 8.27. The molecule has 7 heteroatoms. The summed E-state index contributed by atoms with van der Waals surface area (Å²) in [5.41, 5.74) is 10.9. The maximum absolute atomic E-state index is 11.0. The summed E-state index contributed by atoms with van der Waals surface area (Å²) in [6, 6.07) is 1.15. The molecule has 0 bridgehead atoms. The minimum Gasteiger partial charge on any atom is -0.370 e. The van der Waals surface area contributed by atoms with Gasteiger partial charge in [-0.1, -0.05) is 0 Å². The SMILES string of the molecule is Cc1ccnc(CNC(=O)N=C(N)N)n1. The minimum absolute atomic E-state index is 0.192. The summed E-state index contributed by atoms with van der Waals surface area (Å²) in [5, 5.41) is 2.45. The molecule has 0 saturated carbocycles. The molecule has 1 aromatic rings. The largest absolute Gasteiger partial charge is 0.370 e. The van der Waals surface area contributed by atoms with Crippen LogP contribution in [0.5, 0.6) is 0 Å². The molecule has 1 aromatic heterocycles. The topological polar surface area (TPSA) is 119 Å². The van der Waals surface area contributed by atoms with Crippen molar-refractivity contribution in [3.05, 3.63) is 23.8 Å². The van der Waals surface area contributed by atoms with Gasteiger partial charge >= 0.3 is 6.03 Å². The van der Waals surface area contributed by atoms with Crippen molar-refractivity contribution in [3.8, 4) is 0 Å². The first-order valence-corrected chi connectivity index (χ1v) is 4.24. The first-order valence-electron chi connectivity index (χ1n) is 4.24. The summed E-state index contributed by atoms with van der Waals surface area (Å²) in [6.07, 6.45) is 1.62. The predicted octanol–water partition coefficient (Wildman–Crippen LogP) is -0.732. The van der Waals surface area contributed by atoms with Gasteiger partial charge in [0.05, 0.1) is 6.54 Å². The van der Waals surface area contributed by atoms with E-state index >= 15 is 0 Å². The van der Waals surface area contributed by atoms with Crippen LogP contribution in [0.1, 0.15) is 11.5 Å². The second kappa shape index (κ2) is 4.89. The second-order valence-corrected chi connectivity index (χ2v) is 2.81. The normalized spacial score (nSPS) is 9.40. The molecule has 1 heterocycles. The molecule has 5 N–H and O–H groups in total. The van der Waals surface area contributed by atoms with Crippen molar-refractivity contribution in [1.29, 1.82) is 0 Å². The average molecular weight is 208 g/mol. The fraction of sp³-hybridized carbons (Fsp3) is 0.250. The molecule has 15 heavy (non-hydrogen) atoms. The summed E-state index contributed by atoms with van der Waals surface area (Å²) in [7, 11) is 0. The molecular formula is C8H12N6O. The Kier molecular flexibility index (Phi) is 3.55. The van der Waals surface area contributed by atoms with E-state index in [-0.39, 0.29) is 12.5 Å². The van der Waals surface area contributed by atoms with E-state index in [9.17, 15) is 4.79 Å². The van der Waals surface area contributed by atoms with Crippen LogP contribution in [-0.4, -0.2) is 22.0 Å². The highest BCUT2D eigenvalue weighted by Crippen LogP contribution is 1.92. The van der Waals surface area contributed by atoms with E-state index < -0.39 is 6.03 Å². The summed E-state index contributed by atoms with van der Waals surface area (Å²) < 4.78 is 0. The van der Waals surface area contributed by atoms with Crippen LogP contribution in [0.3, 0.4) is 0 Å². The van der Waals surface area contributed by atoms with Gasteiger partial charge in [-0.2, -0.15) is 4.99 Å². The summed E-state index contributed by atoms with van der Waals surface area (Å²) in [5.74, 6) is 0.229. The lowest BCUT2D eigenvalue weighted by Gasteiger charge is -2.01. The second-order valence-electron chi connectivity index (χ2n) is 2.81. The number of nitrogens with zero attached hydrogens (tertiary/aromatic N) is 3. The van der Waals surface area contributed by atoms with Gasteiger partial charge in [0.15, 0.2) is 5.96 Å². The summed E-state index contributed by atoms with van der Waals surface area (Å²) >= 11 is 0. The number of nitrogens with one attached hydrogen (secondary N) is 1. The molecule has 80 valence electrons. The van der Waals surface area contributed by atoms with Crippen LogP contribution in [0.4, 0.5) is 4.79 Å². The first kappa shape index (κ1) is 10.9. The summed E-state index contributed by atoms with van der Waals surface area (Å²) in [6.45, 7) is 2.03. The lowest BCUT2D eigenvalue weighted by atomic mass is 10.4. The Labute approximate surface area is 86.6 Å². The van der Waals surface area contributed by atoms with E-state index in [0.29, 0.717) is 5.82 Å². The van der Waals surface area contributed by atoms with Crippen molar-refractivity contribution in [1.82, 2.24) is 15.3 Å². The number of guanidine groups is 1. The van der Waals surface area contributed by atoms with E-state index in [1.807, 2.05) is 6.92 Å². The number of hydrogen-bond acceptors (Lipinski definition) is 3. The molecule has 0 aromatic carbocycles. The van der Waals surface area contributed by atoms with Gasteiger partial charge in [0.2, 0.25) is 0 Å². The van der Waals surface area contributed by atoms with Gasteiger partial charge in [-0.15, -0.1) is 0 Å². The molecule has 0 aliphatic carbocycles. The number of rotatable bonds is 2. The first-order chi connectivity index (χ1) is 7.08. The number of urea groups is 1. The highest BCUT2D eigenvalue weighted by Gasteiger charge is 2.00. The van der Waals surface area contributed by atoms with Crippen molar-refractivity contribution in [3.63, 3.8) is 0 Å². The number of amides is 2. The van der Waals surface area contributed by atoms with Crippen LogP contribution in [0.25, 0.3) is 0 Å². The van der Waals surface area contributed by atoms with Gasteiger partial charge in [-0.25, -0.2) is 14.8 Å². The van der Waals surface area contributed by atoms with Gasteiger partial charge in [0.25, 0.3) is 0 Å². The molecule has 0 fully saturated rings.